The molecule has 2 aromatic rings. The number of carbonyl (C=O) groups excluding carboxylic acids is 1. The van der Waals surface area contributed by atoms with E-state index in [2.05, 4.69) is 10.6 Å². The smallest absolute Gasteiger partial charge is 0.224 e. The van der Waals surface area contributed by atoms with Crippen LogP contribution in [0.3, 0.4) is 0 Å². The van der Waals surface area contributed by atoms with E-state index in [0.717, 1.165) is 42.1 Å². The van der Waals surface area contributed by atoms with Crippen LogP contribution in [0.25, 0.3) is 0 Å². The van der Waals surface area contributed by atoms with Crippen molar-refractivity contribution in [2.45, 2.75) is 39.2 Å². The minimum atomic E-state index is 0. The molecule has 27 heavy (non-hydrogen) atoms. The summed E-state index contributed by atoms with van der Waals surface area (Å²) < 4.78 is 5.84. The Labute approximate surface area is 168 Å². The van der Waals surface area contributed by atoms with Crippen molar-refractivity contribution in [3.8, 4) is 5.75 Å². The summed E-state index contributed by atoms with van der Waals surface area (Å²) in [6.45, 7) is 4.68. The molecule has 1 heterocycles. The molecule has 0 radical (unpaired) electrons. The lowest BCUT2D eigenvalue weighted by molar-refractivity contribution is -0.116. The van der Waals surface area contributed by atoms with E-state index >= 15 is 0 Å². The highest BCUT2D eigenvalue weighted by Crippen LogP contribution is 2.22. The first kappa shape index (κ1) is 21.3. The summed E-state index contributed by atoms with van der Waals surface area (Å²) in [5.74, 6) is 1.63. The molecule has 2 aromatic carbocycles. The summed E-state index contributed by atoms with van der Waals surface area (Å²) in [5.41, 5.74) is 3.04. The highest BCUT2D eigenvalue weighted by atomic mass is 35.5. The summed E-state index contributed by atoms with van der Waals surface area (Å²) in [4.78, 5) is 12.3. The van der Waals surface area contributed by atoms with Gasteiger partial charge in [-0.1, -0.05) is 30.3 Å². The van der Waals surface area contributed by atoms with Crippen LogP contribution in [0.5, 0.6) is 5.75 Å². The molecule has 0 spiro atoms. The van der Waals surface area contributed by atoms with Crippen LogP contribution >= 0.6 is 12.4 Å². The zero-order valence-corrected chi connectivity index (χ0v) is 16.7. The number of carbonyl (C=O) groups is 1. The minimum absolute atomic E-state index is 0. The number of para-hydroxylation sites is 1. The number of halogens is 1. The van der Waals surface area contributed by atoms with Gasteiger partial charge >= 0.3 is 0 Å². The third-order valence-electron chi connectivity index (χ3n) is 5.10. The Morgan fingerprint density at radius 1 is 1.11 bits per heavy atom. The summed E-state index contributed by atoms with van der Waals surface area (Å²) in [7, 11) is 0. The van der Waals surface area contributed by atoms with Crippen LogP contribution in [0.4, 0.5) is 5.69 Å². The molecule has 4 nitrogen and oxygen atoms in total. The number of nitrogens with one attached hydrogen (secondary N) is 2. The van der Waals surface area contributed by atoms with Gasteiger partial charge in [0.2, 0.25) is 5.91 Å². The quantitative estimate of drug-likeness (QED) is 0.721. The van der Waals surface area contributed by atoms with Gasteiger partial charge in [0.25, 0.3) is 0 Å². The number of benzene rings is 2. The number of ether oxygens (including phenoxy) is 1. The fourth-order valence-electron chi connectivity index (χ4n) is 3.37. The molecule has 1 aliphatic rings. The normalized spacial score (nSPS) is 14.3. The Kier molecular flexibility index (Phi) is 8.62. The van der Waals surface area contributed by atoms with E-state index in [9.17, 15) is 4.79 Å². The summed E-state index contributed by atoms with van der Waals surface area (Å²) in [6.07, 6.45) is 3.93. The molecule has 0 aliphatic carbocycles. The van der Waals surface area contributed by atoms with Gasteiger partial charge in [-0.15, -0.1) is 12.4 Å². The second kappa shape index (κ2) is 11.0. The average Bonchev–Trinajstić information content (AvgIpc) is 2.69. The lowest BCUT2D eigenvalue weighted by Crippen LogP contribution is -2.28. The molecule has 0 bridgehead atoms. The Balaban J connectivity index is 0.00000261. The van der Waals surface area contributed by atoms with Crippen molar-refractivity contribution in [3.05, 3.63) is 59.7 Å². The number of hydrogen-bond donors (Lipinski definition) is 2. The highest BCUT2D eigenvalue weighted by molar-refractivity contribution is 5.91. The van der Waals surface area contributed by atoms with Gasteiger partial charge in [0.15, 0.2) is 0 Å². The Hall–Kier alpha value is -2.04. The van der Waals surface area contributed by atoms with Gasteiger partial charge in [0.1, 0.15) is 12.4 Å². The molecule has 1 amide bonds. The molecule has 5 heteroatoms. The van der Waals surface area contributed by atoms with Gasteiger partial charge < -0.3 is 15.4 Å². The predicted molar refractivity (Wildman–Crippen MR) is 113 cm³/mol. The monoisotopic (exact) mass is 388 g/mol. The molecule has 0 aromatic heterocycles. The number of piperidine rings is 1. The molecule has 1 fully saturated rings. The summed E-state index contributed by atoms with van der Waals surface area (Å²) in [6, 6.07) is 15.8. The van der Waals surface area contributed by atoms with E-state index in [1.165, 1.54) is 12.8 Å². The van der Waals surface area contributed by atoms with Crippen LogP contribution < -0.4 is 15.4 Å². The van der Waals surface area contributed by atoms with Crippen LogP contribution in [-0.2, 0) is 11.4 Å². The van der Waals surface area contributed by atoms with E-state index in [1.54, 1.807) is 0 Å². The van der Waals surface area contributed by atoms with Crippen molar-refractivity contribution in [1.82, 2.24) is 5.32 Å². The maximum Gasteiger partial charge on any atom is 0.224 e. The summed E-state index contributed by atoms with van der Waals surface area (Å²) in [5, 5.41) is 6.45. The molecule has 2 N–H and O–H groups in total. The van der Waals surface area contributed by atoms with Crippen molar-refractivity contribution in [1.29, 1.82) is 0 Å². The molecule has 0 unspecified atom stereocenters. The van der Waals surface area contributed by atoms with Crippen molar-refractivity contribution >= 4 is 24.0 Å². The largest absolute Gasteiger partial charge is 0.489 e. The van der Waals surface area contributed by atoms with E-state index in [4.69, 9.17) is 4.74 Å². The van der Waals surface area contributed by atoms with Crippen molar-refractivity contribution in [2.24, 2.45) is 5.92 Å². The molecule has 1 aliphatic heterocycles. The maximum atomic E-state index is 12.3. The molecule has 146 valence electrons. The number of hydrogen-bond acceptors (Lipinski definition) is 3. The van der Waals surface area contributed by atoms with E-state index in [1.807, 2.05) is 55.5 Å². The van der Waals surface area contributed by atoms with Crippen LogP contribution in [0.2, 0.25) is 0 Å². The topological polar surface area (TPSA) is 50.4 Å². The average molecular weight is 389 g/mol. The zero-order chi connectivity index (χ0) is 18.2. The third kappa shape index (κ3) is 6.56. The first-order valence-electron chi connectivity index (χ1n) is 9.49. The van der Waals surface area contributed by atoms with Crippen molar-refractivity contribution < 1.29 is 9.53 Å². The standard InChI is InChI=1S/C22H28N2O2.ClH/c1-17-19(16-26-20-7-3-2-4-8-20)6-5-9-21(17)24-22(25)11-10-18-12-14-23-15-13-18;/h2-9,18,23H,10-16H2,1H3,(H,24,25);1H. The van der Waals surface area contributed by atoms with E-state index in [-0.39, 0.29) is 18.3 Å². The predicted octanol–water partition coefficient (Wildman–Crippen LogP) is 4.71. The van der Waals surface area contributed by atoms with Crippen LogP contribution in [-0.4, -0.2) is 19.0 Å². The molecule has 3 rings (SSSR count). The number of amides is 1. The minimum Gasteiger partial charge on any atom is -0.489 e. The molecule has 1 saturated heterocycles. The fraction of sp³-hybridized carbons (Fsp3) is 0.409. The summed E-state index contributed by atoms with van der Waals surface area (Å²) >= 11 is 0. The Morgan fingerprint density at radius 3 is 2.59 bits per heavy atom. The fourth-order valence-corrected chi connectivity index (χ4v) is 3.37. The zero-order valence-electron chi connectivity index (χ0n) is 15.9. The number of anilines is 1. The van der Waals surface area contributed by atoms with Crippen LogP contribution in [0, 0.1) is 12.8 Å². The number of rotatable bonds is 7. The lowest BCUT2D eigenvalue weighted by atomic mass is 9.93. The van der Waals surface area contributed by atoms with E-state index < -0.39 is 0 Å². The van der Waals surface area contributed by atoms with Gasteiger partial charge in [-0.05, 0) is 74.5 Å². The van der Waals surface area contributed by atoms with E-state index in [0.29, 0.717) is 18.9 Å². The first-order chi connectivity index (χ1) is 12.7. The van der Waals surface area contributed by atoms with Gasteiger partial charge in [-0.3, -0.25) is 4.79 Å². The Morgan fingerprint density at radius 2 is 1.85 bits per heavy atom. The second-order valence-corrected chi connectivity index (χ2v) is 6.97. The molecule has 0 saturated carbocycles. The first-order valence-corrected chi connectivity index (χ1v) is 9.49. The van der Waals surface area contributed by atoms with Crippen molar-refractivity contribution in [2.75, 3.05) is 18.4 Å². The second-order valence-electron chi connectivity index (χ2n) is 6.97. The van der Waals surface area contributed by atoms with Gasteiger partial charge in [-0.2, -0.15) is 0 Å². The maximum absolute atomic E-state index is 12.3. The third-order valence-corrected chi connectivity index (χ3v) is 5.10. The van der Waals surface area contributed by atoms with Gasteiger partial charge in [-0.25, -0.2) is 0 Å². The highest BCUT2D eigenvalue weighted by Gasteiger charge is 2.15. The van der Waals surface area contributed by atoms with Gasteiger partial charge in [0, 0.05) is 12.1 Å². The van der Waals surface area contributed by atoms with Gasteiger partial charge in [0.05, 0.1) is 0 Å². The SMILES string of the molecule is Cc1c(COc2ccccc2)cccc1NC(=O)CCC1CCNCC1.Cl. The Bertz CT molecular complexity index is 716. The van der Waals surface area contributed by atoms with Crippen molar-refractivity contribution in [3.63, 3.8) is 0 Å². The lowest BCUT2D eigenvalue weighted by Gasteiger charge is -2.22. The molecular formula is C22H29ClN2O2. The molecule has 0 atom stereocenters. The molecular weight excluding hydrogens is 360 g/mol. The van der Waals surface area contributed by atoms with Crippen LogP contribution in [0.1, 0.15) is 36.8 Å². The van der Waals surface area contributed by atoms with Crippen LogP contribution in [0.15, 0.2) is 48.5 Å².